The Morgan fingerprint density at radius 3 is 2.56 bits per heavy atom. The molecule has 4 heteroatoms. The minimum atomic E-state index is -0.523. The minimum Gasteiger partial charge on any atom is -0.457 e. The molecule has 0 amide bonds. The van der Waals surface area contributed by atoms with Gasteiger partial charge in [-0.25, -0.2) is 0 Å². The van der Waals surface area contributed by atoms with E-state index in [1.54, 1.807) is 12.1 Å². The van der Waals surface area contributed by atoms with E-state index in [1.165, 1.54) is 6.08 Å². The molecule has 2 aromatic rings. The lowest BCUT2D eigenvalue weighted by Crippen LogP contribution is -1.80. The van der Waals surface area contributed by atoms with Crippen LogP contribution in [0.4, 0.5) is 0 Å². The topological polar surface area (TPSA) is 56.3 Å². The lowest BCUT2D eigenvalue weighted by molar-refractivity contribution is -0.401. The highest BCUT2D eigenvalue weighted by Crippen LogP contribution is 2.22. The van der Waals surface area contributed by atoms with Crippen molar-refractivity contribution >= 4 is 6.08 Å². The summed E-state index contributed by atoms with van der Waals surface area (Å²) in [5.41, 5.74) is 0.947. The van der Waals surface area contributed by atoms with Crippen LogP contribution >= 0.6 is 0 Å². The molecule has 0 bridgehead atoms. The van der Waals surface area contributed by atoms with E-state index in [2.05, 4.69) is 0 Å². The molecule has 0 saturated heterocycles. The van der Waals surface area contributed by atoms with Gasteiger partial charge in [0.15, 0.2) is 0 Å². The zero-order valence-corrected chi connectivity index (χ0v) is 8.37. The number of furan rings is 1. The van der Waals surface area contributed by atoms with Crippen molar-refractivity contribution in [1.82, 2.24) is 0 Å². The maximum Gasteiger partial charge on any atom is 0.238 e. The molecule has 0 aliphatic rings. The van der Waals surface area contributed by atoms with E-state index in [1.807, 2.05) is 30.3 Å². The molecular weight excluding hydrogens is 206 g/mol. The first-order valence-electron chi connectivity index (χ1n) is 4.72. The molecule has 0 saturated carbocycles. The van der Waals surface area contributed by atoms with E-state index >= 15 is 0 Å². The van der Waals surface area contributed by atoms with Gasteiger partial charge in [-0.2, -0.15) is 0 Å². The van der Waals surface area contributed by atoms with E-state index in [9.17, 15) is 10.1 Å². The molecule has 16 heavy (non-hydrogen) atoms. The summed E-state index contributed by atoms with van der Waals surface area (Å²) in [6.45, 7) is 0. The number of hydrogen-bond donors (Lipinski definition) is 0. The highest BCUT2D eigenvalue weighted by molar-refractivity contribution is 5.59. The van der Waals surface area contributed by atoms with Crippen molar-refractivity contribution < 1.29 is 9.34 Å². The molecule has 0 fully saturated rings. The van der Waals surface area contributed by atoms with Gasteiger partial charge in [0.25, 0.3) is 0 Å². The van der Waals surface area contributed by atoms with Gasteiger partial charge in [0.1, 0.15) is 11.5 Å². The summed E-state index contributed by atoms with van der Waals surface area (Å²) in [4.78, 5) is 9.60. The van der Waals surface area contributed by atoms with E-state index in [0.717, 1.165) is 11.8 Å². The predicted octanol–water partition coefficient (Wildman–Crippen LogP) is 3.19. The summed E-state index contributed by atoms with van der Waals surface area (Å²) in [6.07, 6.45) is 2.18. The van der Waals surface area contributed by atoms with Crippen molar-refractivity contribution in [2.75, 3.05) is 0 Å². The van der Waals surface area contributed by atoms with Crippen LogP contribution in [0.2, 0.25) is 0 Å². The minimum absolute atomic E-state index is 0.468. The first-order chi connectivity index (χ1) is 7.75. The summed E-state index contributed by atoms with van der Waals surface area (Å²) >= 11 is 0. The Bertz CT molecular complexity index is 514. The van der Waals surface area contributed by atoms with Gasteiger partial charge in [0.05, 0.1) is 11.0 Å². The fourth-order valence-corrected chi connectivity index (χ4v) is 1.33. The summed E-state index contributed by atoms with van der Waals surface area (Å²) in [5, 5.41) is 10.1. The normalized spacial score (nSPS) is 10.8. The Labute approximate surface area is 92.0 Å². The zero-order chi connectivity index (χ0) is 11.4. The first-order valence-corrected chi connectivity index (χ1v) is 4.72. The third kappa shape index (κ3) is 2.36. The lowest BCUT2D eigenvalue weighted by atomic mass is 10.2. The van der Waals surface area contributed by atoms with Gasteiger partial charge in [-0.05, 0) is 12.1 Å². The van der Waals surface area contributed by atoms with Crippen LogP contribution in [0.5, 0.6) is 0 Å². The highest BCUT2D eigenvalue weighted by Gasteiger charge is 2.02. The largest absolute Gasteiger partial charge is 0.457 e. The SMILES string of the molecule is O=[N+]([O-])C=Cc1ccc(-c2ccccc2)o1. The number of nitrogens with zero attached hydrogens (tertiary/aromatic N) is 1. The Kier molecular flexibility index (Phi) is 2.82. The fourth-order valence-electron chi connectivity index (χ4n) is 1.33. The van der Waals surface area contributed by atoms with Crippen molar-refractivity contribution in [2.24, 2.45) is 0 Å². The Morgan fingerprint density at radius 1 is 1.12 bits per heavy atom. The van der Waals surface area contributed by atoms with E-state index in [4.69, 9.17) is 4.42 Å². The monoisotopic (exact) mass is 215 g/mol. The average molecular weight is 215 g/mol. The van der Waals surface area contributed by atoms with Crippen molar-refractivity contribution in [1.29, 1.82) is 0 Å². The van der Waals surface area contributed by atoms with Gasteiger partial charge in [-0.1, -0.05) is 30.3 Å². The van der Waals surface area contributed by atoms with Gasteiger partial charge in [-0.15, -0.1) is 0 Å². The van der Waals surface area contributed by atoms with E-state index < -0.39 is 4.92 Å². The molecule has 1 heterocycles. The molecule has 1 aromatic carbocycles. The van der Waals surface area contributed by atoms with E-state index in [-0.39, 0.29) is 0 Å². The van der Waals surface area contributed by atoms with Crippen LogP contribution < -0.4 is 0 Å². The summed E-state index contributed by atoms with van der Waals surface area (Å²) in [7, 11) is 0. The quantitative estimate of drug-likeness (QED) is 0.583. The van der Waals surface area contributed by atoms with Gasteiger partial charge < -0.3 is 4.42 Å². The summed E-state index contributed by atoms with van der Waals surface area (Å²) < 4.78 is 5.43. The van der Waals surface area contributed by atoms with Crippen LogP contribution in [0.15, 0.2) is 53.1 Å². The summed E-state index contributed by atoms with van der Waals surface area (Å²) in [6, 6.07) is 13.0. The molecule has 0 aliphatic carbocycles. The van der Waals surface area contributed by atoms with E-state index in [0.29, 0.717) is 11.5 Å². The molecule has 2 rings (SSSR count). The molecule has 80 valence electrons. The number of nitro groups is 1. The molecule has 4 nitrogen and oxygen atoms in total. The first kappa shape index (κ1) is 10.2. The molecule has 0 N–H and O–H groups in total. The van der Waals surface area contributed by atoms with Gasteiger partial charge in [0, 0.05) is 5.56 Å². The fraction of sp³-hybridized carbons (Fsp3) is 0. The van der Waals surface area contributed by atoms with Gasteiger partial charge >= 0.3 is 0 Å². The zero-order valence-electron chi connectivity index (χ0n) is 8.37. The molecule has 0 radical (unpaired) electrons. The van der Waals surface area contributed by atoms with Crippen LogP contribution in [-0.2, 0) is 0 Å². The van der Waals surface area contributed by atoms with Crippen molar-refractivity contribution in [3.8, 4) is 11.3 Å². The molecule has 0 atom stereocenters. The summed E-state index contributed by atoms with van der Waals surface area (Å²) in [5.74, 6) is 1.17. The van der Waals surface area contributed by atoms with Gasteiger partial charge in [0.2, 0.25) is 6.20 Å². The van der Waals surface area contributed by atoms with Crippen molar-refractivity contribution in [3.63, 3.8) is 0 Å². The second-order valence-corrected chi connectivity index (χ2v) is 3.17. The lowest BCUT2D eigenvalue weighted by Gasteiger charge is -1.93. The average Bonchev–Trinajstić information content (AvgIpc) is 2.76. The van der Waals surface area contributed by atoms with Crippen molar-refractivity contribution in [2.45, 2.75) is 0 Å². The number of rotatable bonds is 3. The number of benzene rings is 1. The predicted molar refractivity (Wildman–Crippen MR) is 60.2 cm³/mol. The Balaban J connectivity index is 2.23. The maximum atomic E-state index is 10.1. The van der Waals surface area contributed by atoms with Crippen LogP contribution in [-0.4, -0.2) is 4.92 Å². The van der Waals surface area contributed by atoms with Crippen LogP contribution in [0, 0.1) is 10.1 Å². The molecule has 1 aromatic heterocycles. The Hall–Kier alpha value is -2.36. The van der Waals surface area contributed by atoms with Crippen LogP contribution in [0.1, 0.15) is 5.76 Å². The third-order valence-corrected chi connectivity index (χ3v) is 2.05. The van der Waals surface area contributed by atoms with Crippen LogP contribution in [0.25, 0.3) is 17.4 Å². The molecule has 0 aliphatic heterocycles. The van der Waals surface area contributed by atoms with Crippen LogP contribution in [0.3, 0.4) is 0 Å². The third-order valence-electron chi connectivity index (χ3n) is 2.05. The molecule has 0 unspecified atom stereocenters. The molecule has 0 spiro atoms. The second-order valence-electron chi connectivity index (χ2n) is 3.17. The standard InChI is InChI=1S/C12H9NO3/c14-13(15)9-8-11-6-7-12(16-11)10-4-2-1-3-5-10/h1-9H. The second kappa shape index (κ2) is 4.44. The number of hydrogen-bond acceptors (Lipinski definition) is 3. The highest BCUT2D eigenvalue weighted by atomic mass is 16.6. The van der Waals surface area contributed by atoms with Gasteiger partial charge in [-0.3, -0.25) is 10.1 Å². The smallest absolute Gasteiger partial charge is 0.238 e. The Morgan fingerprint density at radius 2 is 1.88 bits per heavy atom. The molecular formula is C12H9NO3. The van der Waals surface area contributed by atoms with Crippen molar-refractivity contribution in [3.05, 3.63) is 64.5 Å². The maximum absolute atomic E-state index is 10.1.